The zero-order valence-electron chi connectivity index (χ0n) is 8.25. The van der Waals surface area contributed by atoms with E-state index in [1.165, 1.54) is 6.92 Å². The second-order valence-corrected chi connectivity index (χ2v) is 4.60. The summed E-state index contributed by atoms with van der Waals surface area (Å²) in [7, 11) is -4.62. The van der Waals surface area contributed by atoms with E-state index >= 15 is 0 Å². The maximum atomic E-state index is 10.7. The van der Waals surface area contributed by atoms with Gasteiger partial charge >= 0.3 is 13.8 Å². The van der Waals surface area contributed by atoms with Crippen LogP contribution in [0.2, 0.25) is 0 Å². The predicted molar refractivity (Wildman–Crippen MR) is 48.6 cm³/mol. The smallest absolute Gasteiger partial charge is 0.469 e. The number of phosphoric ester groups is 1. The molecule has 0 aliphatic rings. The van der Waals surface area contributed by atoms with Crippen molar-refractivity contribution in [3.63, 3.8) is 0 Å². The van der Waals surface area contributed by atoms with Crippen LogP contribution in [0.1, 0.15) is 20.8 Å². The minimum absolute atomic E-state index is 0.256. The lowest BCUT2D eigenvalue weighted by Gasteiger charge is -2.23. The molecule has 0 heterocycles. The molecule has 0 bridgehead atoms. The fraction of sp³-hybridized carbons (Fsp3) is 0.857. The van der Waals surface area contributed by atoms with Gasteiger partial charge < -0.3 is 14.9 Å². The molecule has 2 atom stereocenters. The first-order valence-electron chi connectivity index (χ1n) is 4.12. The van der Waals surface area contributed by atoms with E-state index in [2.05, 4.69) is 4.52 Å². The number of rotatable bonds is 5. The minimum atomic E-state index is -4.62. The summed E-state index contributed by atoms with van der Waals surface area (Å²) in [5.41, 5.74) is 0. The van der Waals surface area contributed by atoms with Crippen LogP contribution in [-0.4, -0.2) is 27.0 Å². The normalized spacial score (nSPS) is 16.7. The van der Waals surface area contributed by atoms with Crippen molar-refractivity contribution in [3.8, 4) is 0 Å². The van der Waals surface area contributed by atoms with Crippen molar-refractivity contribution >= 4 is 13.8 Å². The van der Waals surface area contributed by atoms with Gasteiger partial charge in [0.25, 0.3) is 0 Å². The quantitative estimate of drug-likeness (QED) is 0.600. The third-order valence-electron chi connectivity index (χ3n) is 1.81. The second kappa shape index (κ2) is 4.89. The molecule has 0 fully saturated rings. The minimum Gasteiger partial charge on any atom is -0.481 e. The number of carbonyl (C=O) groups is 1. The Kier molecular flexibility index (Phi) is 4.74. The highest BCUT2D eigenvalue weighted by atomic mass is 31.2. The topological polar surface area (TPSA) is 104 Å². The molecule has 0 spiro atoms. The Morgan fingerprint density at radius 3 is 1.93 bits per heavy atom. The number of aliphatic carboxylic acids is 1. The molecular formula is C7H15O6P. The standard InChI is InChI=1S/C7H15O6P/c1-4(2)6(7(8)9)5(3)13-14(10,11)12/h4-6H,1-3H3,(H,8,9)(H2,10,11,12)/t5-,6+/m1/s1. The van der Waals surface area contributed by atoms with E-state index in [0.29, 0.717) is 0 Å². The van der Waals surface area contributed by atoms with Gasteiger partial charge in [0.15, 0.2) is 0 Å². The van der Waals surface area contributed by atoms with Crippen LogP contribution >= 0.6 is 7.82 Å². The summed E-state index contributed by atoms with van der Waals surface area (Å²) in [6, 6.07) is 0. The molecule has 0 aromatic carbocycles. The SMILES string of the molecule is CC(C)[C@H](C(=O)O)[C@@H](C)OP(=O)(O)O. The number of phosphoric acid groups is 1. The maximum absolute atomic E-state index is 10.7. The van der Waals surface area contributed by atoms with E-state index in [-0.39, 0.29) is 5.92 Å². The monoisotopic (exact) mass is 226 g/mol. The molecule has 0 rings (SSSR count). The molecule has 0 amide bonds. The van der Waals surface area contributed by atoms with Gasteiger partial charge in [-0.3, -0.25) is 9.32 Å². The Bertz CT molecular complexity index is 245. The molecule has 0 aromatic heterocycles. The highest BCUT2D eigenvalue weighted by molar-refractivity contribution is 7.46. The summed E-state index contributed by atoms with van der Waals surface area (Å²) in [5, 5.41) is 8.78. The van der Waals surface area contributed by atoms with Crippen LogP contribution in [0.25, 0.3) is 0 Å². The first kappa shape index (κ1) is 13.6. The average molecular weight is 226 g/mol. The molecule has 3 N–H and O–H groups in total. The summed E-state index contributed by atoms with van der Waals surface area (Å²) in [6.45, 7) is 4.63. The van der Waals surface area contributed by atoms with Crippen LogP contribution in [0.3, 0.4) is 0 Å². The maximum Gasteiger partial charge on any atom is 0.469 e. The highest BCUT2D eigenvalue weighted by Crippen LogP contribution is 2.40. The Balaban J connectivity index is 4.54. The fourth-order valence-electron chi connectivity index (χ4n) is 1.31. The van der Waals surface area contributed by atoms with Gasteiger partial charge in [0.1, 0.15) is 0 Å². The largest absolute Gasteiger partial charge is 0.481 e. The van der Waals surface area contributed by atoms with Crippen LogP contribution < -0.4 is 0 Å². The predicted octanol–water partition coefficient (Wildman–Crippen LogP) is 0.841. The van der Waals surface area contributed by atoms with E-state index in [1.807, 2.05) is 0 Å². The number of carboxylic acids is 1. The summed E-state index contributed by atoms with van der Waals surface area (Å²) in [4.78, 5) is 27.7. The molecule has 0 aliphatic carbocycles. The Hall–Kier alpha value is -0.420. The van der Waals surface area contributed by atoms with E-state index < -0.39 is 25.8 Å². The van der Waals surface area contributed by atoms with Crippen molar-refractivity contribution in [2.24, 2.45) is 11.8 Å². The molecule has 7 heteroatoms. The highest BCUT2D eigenvalue weighted by Gasteiger charge is 2.32. The molecular weight excluding hydrogens is 211 g/mol. The van der Waals surface area contributed by atoms with Crippen LogP contribution in [-0.2, 0) is 13.9 Å². The third kappa shape index (κ3) is 4.72. The Morgan fingerprint density at radius 1 is 1.29 bits per heavy atom. The molecule has 14 heavy (non-hydrogen) atoms. The van der Waals surface area contributed by atoms with E-state index in [1.54, 1.807) is 13.8 Å². The number of carboxylic acid groups (broad SMARTS) is 1. The fourth-order valence-corrected chi connectivity index (χ4v) is 1.87. The summed E-state index contributed by atoms with van der Waals surface area (Å²) >= 11 is 0. The Labute approximate surface area is 82.1 Å². The van der Waals surface area contributed by atoms with Gasteiger partial charge in [-0.2, -0.15) is 0 Å². The van der Waals surface area contributed by atoms with Gasteiger partial charge in [0.05, 0.1) is 12.0 Å². The first-order valence-corrected chi connectivity index (χ1v) is 5.65. The summed E-state index contributed by atoms with van der Waals surface area (Å²) in [6.07, 6.45) is -1.02. The van der Waals surface area contributed by atoms with Gasteiger partial charge in [0, 0.05) is 0 Å². The molecule has 0 saturated heterocycles. The number of hydrogen-bond acceptors (Lipinski definition) is 3. The summed E-state index contributed by atoms with van der Waals surface area (Å²) < 4.78 is 14.8. The Morgan fingerprint density at radius 2 is 1.71 bits per heavy atom. The molecule has 0 unspecified atom stereocenters. The van der Waals surface area contributed by atoms with E-state index in [9.17, 15) is 9.36 Å². The molecule has 0 saturated carbocycles. The average Bonchev–Trinajstić information content (AvgIpc) is 1.78. The van der Waals surface area contributed by atoms with Crippen LogP contribution in [0.4, 0.5) is 0 Å². The number of hydrogen-bond donors (Lipinski definition) is 3. The van der Waals surface area contributed by atoms with E-state index in [4.69, 9.17) is 14.9 Å². The molecule has 0 aromatic rings. The first-order chi connectivity index (χ1) is 6.15. The van der Waals surface area contributed by atoms with Gasteiger partial charge in [0.2, 0.25) is 0 Å². The van der Waals surface area contributed by atoms with Crippen molar-refractivity contribution in [2.75, 3.05) is 0 Å². The van der Waals surface area contributed by atoms with Gasteiger partial charge in [-0.05, 0) is 12.8 Å². The molecule has 84 valence electrons. The van der Waals surface area contributed by atoms with Crippen LogP contribution in [0.15, 0.2) is 0 Å². The molecule has 0 aliphatic heterocycles. The van der Waals surface area contributed by atoms with Crippen LogP contribution in [0, 0.1) is 11.8 Å². The third-order valence-corrected chi connectivity index (χ3v) is 2.42. The van der Waals surface area contributed by atoms with E-state index in [0.717, 1.165) is 0 Å². The van der Waals surface area contributed by atoms with Crippen molar-refractivity contribution in [1.82, 2.24) is 0 Å². The molecule has 6 nitrogen and oxygen atoms in total. The van der Waals surface area contributed by atoms with Crippen molar-refractivity contribution < 1.29 is 28.8 Å². The van der Waals surface area contributed by atoms with Crippen molar-refractivity contribution in [3.05, 3.63) is 0 Å². The van der Waals surface area contributed by atoms with Gasteiger partial charge in [-0.1, -0.05) is 13.8 Å². The molecule has 0 radical (unpaired) electrons. The lowest BCUT2D eigenvalue weighted by Crippen LogP contribution is -2.31. The lowest BCUT2D eigenvalue weighted by molar-refractivity contribution is -0.146. The van der Waals surface area contributed by atoms with Crippen molar-refractivity contribution in [1.29, 1.82) is 0 Å². The summed E-state index contributed by atoms with van der Waals surface area (Å²) in [5.74, 6) is -2.31. The van der Waals surface area contributed by atoms with Crippen molar-refractivity contribution in [2.45, 2.75) is 26.9 Å². The lowest BCUT2D eigenvalue weighted by atomic mass is 9.91. The zero-order chi connectivity index (χ0) is 11.5. The van der Waals surface area contributed by atoms with Crippen LogP contribution in [0.5, 0.6) is 0 Å². The zero-order valence-corrected chi connectivity index (χ0v) is 9.14. The van der Waals surface area contributed by atoms with Gasteiger partial charge in [-0.15, -0.1) is 0 Å². The van der Waals surface area contributed by atoms with Gasteiger partial charge in [-0.25, -0.2) is 4.57 Å². The second-order valence-electron chi connectivity index (χ2n) is 3.41.